The summed E-state index contributed by atoms with van der Waals surface area (Å²) in [6.07, 6.45) is 0.578. The summed E-state index contributed by atoms with van der Waals surface area (Å²) in [5.74, 6) is 0.397. The van der Waals surface area contributed by atoms with Crippen molar-refractivity contribution in [2.45, 2.75) is 41.0 Å². The lowest BCUT2D eigenvalue weighted by atomic mass is 9.91. The molecule has 1 aliphatic rings. The Bertz CT molecular complexity index is 617. The highest BCUT2D eigenvalue weighted by atomic mass is 16.2. The Kier molecular flexibility index (Phi) is 5.53. The summed E-state index contributed by atoms with van der Waals surface area (Å²) in [6, 6.07) is 1.97. The van der Waals surface area contributed by atoms with Crippen molar-refractivity contribution in [2.24, 2.45) is 12.5 Å². The van der Waals surface area contributed by atoms with Crippen molar-refractivity contribution in [3.8, 4) is 0 Å². The minimum absolute atomic E-state index is 0.0207. The second-order valence-corrected chi connectivity index (χ2v) is 8.16. The van der Waals surface area contributed by atoms with Gasteiger partial charge in [0.2, 0.25) is 5.91 Å². The van der Waals surface area contributed by atoms with E-state index in [9.17, 15) is 9.59 Å². The number of hydrogen-bond donors (Lipinski definition) is 0. The van der Waals surface area contributed by atoms with E-state index in [1.54, 1.807) is 0 Å². The number of nitrogens with zero attached hydrogens (tertiary/aromatic N) is 3. The number of amides is 1. The summed E-state index contributed by atoms with van der Waals surface area (Å²) >= 11 is 0. The number of carbonyl (C=O) groups is 2. The van der Waals surface area contributed by atoms with E-state index in [0.717, 1.165) is 43.1 Å². The lowest BCUT2D eigenvalue weighted by Crippen LogP contribution is -2.50. The Labute approximate surface area is 145 Å². The molecule has 0 radical (unpaired) electrons. The number of Topliss-reactive ketones (excluding diaryl/α,β-unsaturated/α-hetero) is 1. The first-order chi connectivity index (χ1) is 11.1. The van der Waals surface area contributed by atoms with Gasteiger partial charge in [-0.3, -0.25) is 14.5 Å². The highest BCUT2D eigenvalue weighted by Crippen LogP contribution is 2.20. The molecule has 5 nitrogen and oxygen atoms in total. The Morgan fingerprint density at radius 1 is 1.08 bits per heavy atom. The zero-order chi connectivity index (χ0) is 18.1. The summed E-state index contributed by atoms with van der Waals surface area (Å²) < 4.78 is 2.05. The first-order valence-electron chi connectivity index (χ1n) is 8.75. The standard InChI is InChI=1S/C19H31N3O2/c1-14-11-16(15(2)20(14)6)17(23)13-21-7-9-22(10-8-21)18(24)12-19(3,4)5/h11H,7-10,12-13H2,1-6H3. The molecule has 0 saturated carbocycles. The number of carbonyl (C=O) groups excluding carboxylic acids is 2. The molecule has 0 aliphatic carbocycles. The van der Waals surface area contributed by atoms with Crippen molar-refractivity contribution >= 4 is 11.7 Å². The lowest BCUT2D eigenvalue weighted by Gasteiger charge is -2.35. The second-order valence-electron chi connectivity index (χ2n) is 8.16. The maximum absolute atomic E-state index is 12.6. The molecule has 134 valence electrons. The highest BCUT2D eigenvalue weighted by Gasteiger charge is 2.26. The van der Waals surface area contributed by atoms with Crippen molar-refractivity contribution in [3.63, 3.8) is 0 Å². The average molecular weight is 333 g/mol. The normalized spacial score (nSPS) is 16.5. The van der Waals surface area contributed by atoms with Crippen LogP contribution in [0.3, 0.4) is 0 Å². The molecular formula is C19H31N3O2. The third kappa shape index (κ3) is 4.47. The van der Waals surface area contributed by atoms with Crippen LogP contribution in [0.5, 0.6) is 0 Å². The summed E-state index contributed by atoms with van der Waals surface area (Å²) in [6.45, 7) is 13.7. The largest absolute Gasteiger partial charge is 0.351 e. The van der Waals surface area contributed by atoms with E-state index in [1.165, 1.54) is 0 Å². The van der Waals surface area contributed by atoms with Gasteiger partial charge in [0, 0.05) is 56.6 Å². The topological polar surface area (TPSA) is 45.6 Å². The molecular weight excluding hydrogens is 302 g/mol. The SMILES string of the molecule is Cc1cc(C(=O)CN2CCN(C(=O)CC(C)(C)C)CC2)c(C)n1C. The molecule has 0 atom stereocenters. The minimum Gasteiger partial charge on any atom is -0.351 e. The predicted octanol–water partition coefficient (Wildman–Crippen LogP) is 2.41. The molecule has 1 aromatic rings. The molecule has 24 heavy (non-hydrogen) atoms. The number of aryl methyl sites for hydroxylation is 1. The molecule has 1 aromatic heterocycles. The van der Waals surface area contributed by atoms with Gasteiger partial charge in [0.05, 0.1) is 6.54 Å². The third-order valence-corrected chi connectivity index (χ3v) is 4.85. The Hall–Kier alpha value is -1.62. The molecule has 2 rings (SSSR count). The zero-order valence-electron chi connectivity index (χ0n) is 16.0. The van der Waals surface area contributed by atoms with Gasteiger partial charge in [-0.15, -0.1) is 0 Å². The fourth-order valence-corrected chi connectivity index (χ4v) is 3.15. The molecule has 1 fully saturated rings. The summed E-state index contributed by atoms with van der Waals surface area (Å²) in [7, 11) is 1.99. The molecule has 1 saturated heterocycles. The van der Waals surface area contributed by atoms with Crippen molar-refractivity contribution in [1.29, 1.82) is 0 Å². The van der Waals surface area contributed by atoms with E-state index >= 15 is 0 Å². The summed E-state index contributed by atoms with van der Waals surface area (Å²) in [5, 5.41) is 0. The van der Waals surface area contributed by atoms with E-state index in [2.05, 4.69) is 30.2 Å². The van der Waals surface area contributed by atoms with Crippen LogP contribution in [0.1, 0.15) is 48.9 Å². The zero-order valence-corrected chi connectivity index (χ0v) is 16.0. The van der Waals surface area contributed by atoms with Gasteiger partial charge in [0.15, 0.2) is 5.78 Å². The van der Waals surface area contributed by atoms with Gasteiger partial charge < -0.3 is 9.47 Å². The highest BCUT2D eigenvalue weighted by molar-refractivity contribution is 5.99. The van der Waals surface area contributed by atoms with Gasteiger partial charge in [-0.2, -0.15) is 0 Å². The molecule has 0 aromatic carbocycles. The van der Waals surface area contributed by atoms with Gasteiger partial charge in [-0.05, 0) is 25.3 Å². The van der Waals surface area contributed by atoms with Crippen LogP contribution in [0.25, 0.3) is 0 Å². The van der Waals surface area contributed by atoms with E-state index in [0.29, 0.717) is 13.0 Å². The molecule has 5 heteroatoms. The number of ketones is 1. The lowest BCUT2D eigenvalue weighted by molar-refractivity contribution is -0.134. The average Bonchev–Trinajstić information content (AvgIpc) is 2.74. The second kappa shape index (κ2) is 7.09. The van der Waals surface area contributed by atoms with Crippen molar-refractivity contribution in [3.05, 3.63) is 23.0 Å². The first kappa shape index (κ1) is 18.7. The van der Waals surface area contributed by atoms with Crippen LogP contribution in [0.2, 0.25) is 0 Å². The number of piperazine rings is 1. The van der Waals surface area contributed by atoms with Crippen LogP contribution in [-0.2, 0) is 11.8 Å². The predicted molar refractivity (Wildman–Crippen MR) is 96.3 cm³/mol. The van der Waals surface area contributed by atoms with Gasteiger partial charge in [0.25, 0.3) is 0 Å². The smallest absolute Gasteiger partial charge is 0.223 e. The monoisotopic (exact) mass is 333 g/mol. The van der Waals surface area contributed by atoms with Gasteiger partial charge in [0.1, 0.15) is 0 Å². The van der Waals surface area contributed by atoms with Gasteiger partial charge in [-0.1, -0.05) is 20.8 Å². The van der Waals surface area contributed by atoms with Gasteiger partial charge in [-0.25, -0.2) is 0 Å². The molecule has 1 amide bonds. The van der Waals surface area contributed by atoms with Crippen LogP contribution in [-0.4, -0.2) is 58.8 Å². The van der Waals surface area contributed by atoms with Crippen LogP contribution < -0.4 is 0 Å². The van der Waals surface area contributed by atoms with Crippen LogP contribution >= 0.6 is 0 Å². The van der Waals surface area contributed by atoms with E-state index in [-0.39, 0.29) is 17.1 Å². The van der Waals surface area contributed by atoms with Crippen LogP contribution in [0.4, 0.5) is 0 Å². The van der Waals surface area contributed by atoms with E-state index < -0.39 is 0 Å². The minimum atomic E-state index is 0.0207. The Balaban J connectivity index is 1.88. The Morgan fingerprint density at radius 3 is 2.12 bits per heavy atom. The molecule has 2 heterocycles. The number of rotatable bonds is 4. The van der Waals surface area contributed by atoms with Gasteiger partial charge >= 0.3 is 0 Å². The fraction of sp³-hybridized carbons (Fsp3) is 0.684. The van der Waals surface area contributed by atoms with Crippen molar-refractivity contribution < 1.29 is 9.59 Å². The molecule has 1 aliphatic heterocycles. The first-order valence-corrected chi connectivity index (χ1v) is 8.75. The molecule has 0 spiro atoms. The maximum Gasteiger partial charge on any atom is 0.223 e. The fourth-order valence-electron chi connectivity index (χ4n) is 3.15. The van der Waals surface area contributed by atoms with E-state index in [4.69, 9.17) is 0 Å². The van der Waals surface area contributed by atoms with Crippen molar-refractivity contribution in [1.82, 2.24) is 14.4 Å². The summed E-state index contributed by atoms with van der Waals surface area (Å²) in [5.41, 5.74) is 2.97. The molecule has 0 bridgehead atoms. The van der Waals surface area contributed by atoms with Crippen molar-refractivity contribution in [2.75, 3.05) is 32.7 Å². The van der Waals surface area contributed by atoms with E-state index in [1.807, 2.05) is 31.9 Å². The maximum atomic E-state index is 12.6. The number of aromatic nitrogens is 1. The van der Waals surface area contributed by atoms with Crippen LogP contribution in [0.15, 0.2) is 6.07 Å². The molecule has 0 unspecified atom stereocenters. The Morgan fingerprint density at radius 2 is 1.67 bits per heavy atom. The number of hydrogen-bond acceptors (Lipinski definition) is 3. The summed E-state index contributed by atoms with van der Waals surface area (Å²) in [4.78, 5) is 28.9. The molecule has 0 N–H and O–H groups in total. The quantitative estimate of drug-likeness (QED) is 0.795. The third-order valence-electron chi connectivity index (χ3n) is 4.85. The van der Waals surface area contributed by atoms with Crippen LogP contribution in [0, 0.1) is 19.3 Å².